The van der Waals surface area contributed by atoms with E-state index in [1.54, 1.807) is 6.26 Å². The number of carbonyl (C=O) groups is 1. The number of likely N-dealkylation sites (N-methyl/N-ethyl adjacent to an activating group) is 1. The van der Waals surface area contributed by atoms with Crippen molar-refractivity contribution in [2.75, 3.05) is 31.6 Å². The number of piperidine rings is 1. The highest BCUT2D eigenvalue weighted by Crippen LogP contribution is 2.11. The summed E-state index contributed by atoms with van der Waals surface area (Å²) in [5.41, 5.74) is 0. The van der Waals surface area contributed by atoms with Crippen LogP contribution in [-0.4, -0.2) is 52.7 Å². The first-order valence-electron chi connectivity index (χ1n) is 5.47. The smallest absolute Gasteiger partial charge is 0.239 e. The van der Waals surface area contributed by atoms with Gasteiger partial charge in [0.2, 0.25) is 5.91 Å². The molecular weight excluding hydrogens is 212 g/mol. The molecule has 0 aliphatic carbocycles. The number of hydrogen-bond acceptors (Lipinski definition) is 3. The molecule has 1 amide bonds. The maximum atomic E-state index is 11.9. The van der Waals surface area contributed by atoms with E-state index in [2.05, 4.69) is 5.32 Å². The van der Waals surface area contributed by atoms with Crippen molar-refractivity contribution in [1.29, 1.82) is 0 Å². The van der Waals surface area contributed by atoms with Crippen LogP contribution in [0, 0.1) is 0 Å². The average Bonchev–Trinajstić information content (AvgIpc) is 2.19. The van der Waals surface area contributed by atoms with E-state index in [0.717, 1.165) is 25.9 Å². The van der Waals surface area contributed by atoms with E-state index < -0.39 is 10.8 Å². The molecule has 2 atom stereocenters. The van der Waals surface area contributed by atoms with Crippen molar-refractivity contribution in [3.8, 4) is 0 Å². The van der Waals surface area contributed by atoms with Gasteiger partial charge in [0.1, 0.15) is 0 Å². The summed E-state index contributed by atoms with van der Waals surface area (Å²) in [6.07, 6.45) is 3.65. The van der Waals surface area contributed by atoms with Crippen LogP contribution in [0.25, 0.3) is 0 Å². The first-order chi connectivity index (χ1) is 7.15. The van der Waals surface area contributed by atoms with Crippen molar-refractivity contribution in [3.63, 3.8) is 0 Å². The molecule has 1 aliphatic rings. The van der Waals surface area contributed by atoms with Gasteiger partial charge in [-0.2, -0.15) is 0 Å². The highest BCUT2D eigenvalue weighted by molar-refractivity contribution is 7.84. The molecule has 0 aromatic rings. The lowest BCUT2D eigenvalue weighted by molar-refractivity contribution is -0.135. The van der Waals surface area contributed by atoms with E-state index in [-0.39, 0.29) is 11.9 Å². The minimum Gasteiger partial charge on any atom is -0.340 e. The molecule has 0 bridgehead atoms. The fraction of sp³-hybridized carbons (Fsp3) is 0.900. The van der Waals surface area contributed by atoms with Crippen LogP contribution in [0.15, 0.2) is 0 Å². The Kier molecular flexibility index (Phi) is 5.25. The monoisotopic (exact) mass is 232 g/mol. The number of hydrogen-bond donors (Lipinski definition) is 1. The minimum atomic E-state index is -0.811. The van der Waals surface area contributed by atoms with Gasteiger partial charge in [0.25, 0.3) is 0 Å². The first-order valence-corrected chi connectivity index (χ1v) is 7.20. The lowest BCUT2D eigenvalue weighted by Gasteiger charge is -2.32. The van der Waals surface area contributed by atoms with Gasteiger partial charge in [0, 0.05) is 35.9 Å². The molecule has 1 fully saturated rings. The molecule has 0 aromatic carbocycles. The summed E-state index contributed by atoms with van der Waals surface area (Å²) in [5, 5.41) is 3.18. The standard InChI is InChI=1S/C10H20N2O2S/c1-3-11-9-5-4-6-12(10(9)13)7-8-15(2)14/h9,11H,3-8H2,1-2H3. The minimum absolute atomic E-state index is 0.0194. The van der Waals surface area contributed by atoms with E-state index >= 15 is 0 Å². The van der Waals surface area contributed by atoms with Crippen molar-refractivity contribution in [3.05, 3.63) is 0 Å². The van der Waals surface area contributed by atoms with Gasteiger partial charge >= 0.3 is 0 Å². The zero-order valence-corrected chi connectivity index (χ0v) is 10.3. The lowest BCUT2D eigenvalue weighted by Crippen LogP contribution is -2.51. The third kappa shape index (κ3) is 3.91. The predicted molar refractivity (Wildman–Crippen MR) is 62.2 cm³/mol. The van der Waals surface area contributed by atoms with E-state index in [0.29, 0.717) is 12.3 Å². The van der Waals surface area contributed by atoms with Gasteiger partial charge in [-0.25, -0.2) is 0 Å². The van der Waals surface area contributed by atoms with Crippen LogP contribution in [0.5, 0.6) is 0 Å². The van der Waals surface area contributed by atoms with Gasteiger partial charge < -0.3 is 10.2 Å². The molecule has 1 heterocycles. The maximum Gasteiger partial charge on any atom is 0.239 e. The summed E-state index contributed by atoms with van der Waals surface area (Å²) in [6.45, 7) is 4.28. The second-order valence-electron chi connectivity index (χ2n) is 3.86. The molecule has 0 spiro atoms. The predicted octanol–water partition coefficient (Wildman–Crippen LogP) is -0.0346. The van der Waals surface area contributed by atoms with Gasteiger partial charge in [-0.05, 0) is 19.4 Å². The second-order valence-corrected chi connectivity index (χ2v) is 5.41. The number of rotatable bonds is 5. The Morgan fingerprint density at radius 2 is 2.33 bits per heavy atom. The number of nitrogens with zero attached hydrogens (tertiary/aromatic N) is 1. The summed E-state index contributed by atoms with van der Waals surface area (Å²) in [7, 11) is -0.811. The highest BCUT2D eigenvalue weighted by Gasteiger charge is 2.27. The van der Waals surface area contributed by atoms with E-state index in [4.69, 9.17) is 0 Å². The summed E-state index contributed by atoms with van der Waals surface area (Å²) in [5.74, 6) is 0.762. The van der Waals surface area contributed by atoms with Crippen LogP contribution in [0.4, 0.5) is 0 Å². The third-order valence-corrected chi connectivity index (χ3v) is 3.39. The molecule has 1 rings (SSSR count). The first kappa shape index (κ1) is 12.6. The summed E-state index contributed by atoms with van der Waals surface area (Å²) >= 11 is 0. The van der Waals surface area contributed by atoms with Crippen molar-refractivity contribution in [2.45, 2.75) is 25.8 Å². The molecule has 1 aliphatic heterocycles. The molecular formula is C10H20N2O2S. The van der Waals surface area contributed by atoms with Gasteiger partial charge in [0.05, 0.1) is 6.04 Å². The third-order valence-electron chi connectivity index (χ3n) is 2.63. The topological polar surface area (TPSA) is 49.4 Å². The van der Waals surface area contributed by atoms with Crippen molar-refractivity contribution in [2.24, 2.45) is 0 Å². The fourth-order valence-electron chi connectivity index (χ4n) is 1.84. The van der Waals surface area contributed by atoms with Crippen molar-refractivity contribution in [1.82, 2.24) is 10.2 Å². The second kappa shape index (κ2) is 6.23. The van der Waals surface area contributed by atoms with Crippen LogP contribution >= 0.6 is 0 Å². The molecule has 0 aromatic heterocycles. The summed E-state index contributed by atoms with van der Waals surface area (Å²) in [6, 6.07) is -0.0194. The molecule has 2 unspecified atom stereocenters. The Bertz CT molecular complexity index is 244. The zero-order valence-electron chi connectivity index (χ0n) is 9.49. The lowest BCUT2D eigenvalue weighted by atomic mass is 10.1. The molecule has 5 heteroatoms. The van der Waals surface area contributed by atoms with Gasteiger partial charge in [0.15, 0.2) is 0 Å². The van der Waals surface area contributed by atoms with E-state index in [1.807, 2.05) is 11.8 Å². The Morgan fingerprint density at radius 3 is 2.93 bits per heavy atom. The number of likely N-dealkylation sites (tertiary alicyclic amines) is 1. The van der Waals surface area contributed by atoms with Crippen LogP contribution in [0.2, 0.25) is 0 Å². The van der Waals surface area contributed by atoms with E-state index in [1.165, 1.54) is 0 Å². The van der Waals surface area contributed by atoms with Gasteiger partial charge in [-0.15, -0.1) is 0 Å². The number of carbonyl (C=O) groups excluding carboxylic acids is 1. The molecule has 1 saturated heterocycles. The normalized spacial score (nSPS) is 24.3. The maximum absolute atomic E-state index is 11.9. The molecule has 0 saturated carbocycles. The quantitative estimate of drug-likeness (QED) is 0.724. The van der Waals surface area contributed by atoms with Crippen LogP contribution < -0.4 is 5.32 Å². The van der Waals surface area contributed by atoms with Crippen LogP contribution in [0.3, 0.4) is 0 Å². The summed E-state index contributed by atoms with van der Waals surface area (Å²) < 4.78 is 11.0. The Morgan fingerprint density at radius 1 is 1.60 bits per heavy atom. The largest absolute Gasteiger partial charge is 0.340 e. The van der Waals surface area contributed by atoms with Crippen molar-refractivity contribution >= 4 is 16.7 Å². The molecule has 0 radical (unpaired) electrons. The fourth-order valence-corrected chi connectivity index (χ4v) is 2.31. The molecule has 4 nitrogen and oxygen atoms in total. The summed E-state index contributed by atoms with van der Waals surface area (Å²) in [4.78, 5) is 13.7. The van der Waals surface area contributed by atoms with Crippen LogP contribution in [0.1, 0.15) is 19.8 Å². The molecule has 15 heavy (non-hydrogen) atoms. The highest BCUT2D eigenvalue weighted by atomic mass is 32.2. The number of amides is 1. The van der Waals surface area contributed by atoms with Crippen LogP contribution in [-0.2, 0) is 15.6 Å². The Balaban J connectivity index is 2.43. The van der Waals surface area contributed by atoms with E-state index in [9.17, 15) is 9.00 Å². The van der Waals surface area contributed by atoms with Crippen molar-refractivity contribution < 1.29 is 9.00 Å². The zero-order chi connectivity index (χ0) is 11.3. The average molecular weight is 232 g/mol. The van der Waals surface area contributed by atoms with Gasteiger partial charge in [-0.1, -0.05) is 6.92 Å². The molecule has 88 valence electrons. The Labute approximate surface area is 93.9 Å². The SMILES string of the molecule is CCNC1CCCN(CCS(C)=O)C1=O. The van der Waals surface area contributed by atoms with Gasteiger partial charge in [-0.3, -0.25) is 9.00 Å². The molecule has 1 N–H and O–H groups in total. The number of nitrogens with one attached hydrogen (secondary N) is 1. The Hall–Kier alpha value is -0.420.